The molecule has 0 aliphatic carbocycles. The van der Waals surface area contributed by atoms with Gasteiger partial charge < -0.3 is 4.74 Å². The Hall–Kier alpha value is -2.75. The van der Waals surface area contributed by atoms with Crippen molar-refractivity contribution in [3.63, 3.8) is 0 Å². The number of likely N-dealkylation sites (N-methyl/N-ethyl adjacent to an activating group) is 1. The SMILES string of the molecule is CN1C(=O)/C(=C/c2ccc(OCC(=O)Nc3nc4ccccc4s3)cc2)SC1=S. The van der Waals surface area contributed by atoms with Crippen molar-refractivity contribution in [1.29, 1.82) is 0 Å². The fourth-order valence-electron chi connectivity index (χ4n) is 2.59. The van der Waals surface area contributed by atoms with Crippen LogP contribution in [0.25, 0.3) is 16.3 Å². The van der Waals surface area contributed by atoms with Crippen molar-refractivity contribution < 1.29 is 14.3 Å². The lowest BCUT2D eigenvalue weighted by atomic mass is 10.2. The Morgan fingerprint density at radius 3 is 2.69 bits per heavy atom. The highest BCUT2D eigenvalue weighted by molar-refractivity contribution is 8.26. The maximum Gasteiger partial charge on any atom is 0.265 e. The molecule has 1 aromatic heterocycles. The molecule has 2 aromatic carbocycles. The zero-order valence-corrected chi connectivity index (χ0v) is 17.7. The van der Waals surface area contributed by atoms with Crippen molar-refractivity contribution >= 4 is 72.9 Å². The Morgan fingerprint density at radius 1 is 1.24 bits per heavy atom. The number of para-hydroxylation sites is 1. The number of thioether (sulfide) groups is 1. The predicted octanol–water partition coefficient (Wildman–Crippen LogP) is 4.14. The minimum absolute atomic E-state index is 0.105. The van der Waals surface area contributed by atoms with Crippen LogP contribution in [0, 0.1) is 0 Å². The van der Waals surface area contributed by atoms with Crippen LogP contribution in [0.15, 0.2) is 53.4 Å². The lowest BCUT2D eigenvalue weighted by Crippen LogP contribution is -2.22. The van der Waals surface area contributed by atoms with E-state index in [0.29, 0.717) is 20.1 Å². The van der Waals surface area contributed by atoms with E-state index in [4.69, 9.17) is 17.0 Å². The number of nitrogens with one attached hydrogen (secondary N) is 1. The Bertz CT molecular complexity index is 1110. The molecule has 0 spiro atoms. The summed E-state index contributed by atoms with van der Waals surface area (Å²) in [5.41, 5.74) is 1.70. The van der Waals surface area contributed by atoms with Crippen LogP contribution < -0.4 is 10.1 Å². The Labute approximate surface area is 180 Å². The van der Waals surface area contributed by atoms with Crippen LogP contribution in [0.2, 0.25) is 0 Å². The van der Waals surface area contributed by atoms with Gasteiger partial charge in [-0.2, -0.15) is 0 Å². The lowest BCUT2D eigenvalue weighted by Gasteiger charge is -2.06. The van der Waals surface area contributed by atoms with Crippen LogP contribution in [0.1, 0.15) is 5.56 Å². The standard InChI is InChI=1S/C20H15N3O3S3/c1-23-18(25)16(29-20(23)27)10-12-6-8-13(9-7-12)26-11-17(24)22-19-21-14-4-2-3-5-15(14)28-19/h2-10H,11H2,1H3,(H,21,22,24)/b16-10-. The molecule has 2 heterocycles. The number of carbonyl (C=O) groups is 2. The molecule has 1 N–H and O–H groups in total. The van der Waals surface area contributed by atoms with E-state index in [9.17, 15) is 9.59 Å². The van der Waals surface area contributed by atoms with Crippen molar-refractivity contribution in [3.05, 3.63) is 59.0 Å². The maximum absolute atomic E-state index is 12.1. The van der Waals surface area contributed by atoms with Gasteiger partial charge in [-0.05, 0) is 35.9 Å². The molecule has 0 saturated carbocycles. The minimum atomic E-state index is -0.278. The number of thiocarbonyl (C=S) groups is 1. The van der Waals surface area contributed by atoms with Crippen LogP contribution in [0.4, 0.5) is 5.13 Å². The average molecular weight is 442 g/mol. The van der Waals surface area contributed by atoms with Crippen molar-refractivity contribution in [3.8, 4) is 5.75 Å². The first kappa shape index (κ1) is 19.6. The largest absolute Gasteiger partial charge is 0.484 e. The van der Waals surface area contributed by atoms with E-state index in [0.717, 1.165) is 15.8 Å². The zero-order chi connectivity index (χ0) is 20.4. The van der Waals surface area contributed by atoms with E-state index in [1.54, 1.807) is 25.3 Å². The molecule has 3 aromatic rings. The van der Waals surface area contributed by atoms with E-state index >= 15 is 0 Å². The highest BCUT2D eigenvalue weighted by Crippen LogP contribution is 2.31. The number of ether oxygens (including phenoxy) is 1. The van der Waals surface area contributed by atoms with Gasteiger partial charge >= 0.3 is 0 Å². The first-order valence-corrected chi connectivity index (χ1v) is 10.6. The molecule has 1 fully saturated rings. The monoisotopic (exact) mass is 441 g/mol. The Balaban J connectivity index is 1.33. The summed E-state index contributed by atoms with van der Waals surface area (Å²) in [5, 5.41) is 3.30. The molecule has 0 unspecified atom stereocenters. The molecule has 9 heteroatoms. The normalized spacial score (nSPS) is 15.3. The van der Waals surface area contributed by atoms with Gasteiger partial charge in [-0.3, -0.25) is 19.8 Å². The van der Waals surface area contributed by atoms with Crippen LogP contribution >= 0.6 is 35.3 Å². The van der Waals surface area contributed by atoms with Crippen molar-refractivity contribution in [2.24, 2.45) is 0 Å². The van der Waals surface area contributed by atoms with Crippen molar-refractivity contribution in [1.82, 2.24) is 9.88 Å². The van der Waals surface area contributed by atoms with Crippen LogP contribution in [0.5, 0.6) is 5.75 Å². The zero-order valence-electron chi connectivity index (χ0n) is 15.2. The first-order chi connectivity index (χ1) is 14.0. The molecule has 4 rings (SSSR count). The summed E-state index contributed by atoms with van der Waals surface area (Å²) in [6, 6.07) is 14.9. The first-order valence-electron chi connectivity index (χ1n) is 8.59. The fourth-order valence-corrected chi connectivity index (χ4v) is 4.65. The van der Waals surface area contributed by atoms with Crippen molar-refractivity contribution in [2.45, 2.75) is 0 Å². The third-order valence-corrected chi connectivity index (χ3v) is 6.51. The molecule has 6 nitrogen and oxygen atoms in total. The molecule has 0 atom stereocenters. The number of amides is 2. The second kappa shape index (κ2) is 8.32. The summed E-state index contributed by atoms with van der Waals surface area (Å²) in [4.78, 5) is 30.6. The molecular weight excluding hydrogens is 426 g/mol. The van der Waals surface area contributed by atoms with E-state index in [2.05, 4.69) is 10.3 Å². The third-order valence-electron chi connectivity index (χ3n) is 4.07. The predicted molar refractivity (Wildman–Crippen MR) is 121 cm³/mol. The van der Waals surface area contributed by atoms with Gasteiger partial charge in [0.2, 0.25) is 0 Å². The summed E-state index contributed by atoms with van der Waals surface area (Å²) in [6.45, 7) is -0.121. The molecule has 0 bridgehead atoms. The van der Waals surface area contributed by atoms with Crippen molar-refractivity contribution in [2.75, 3.05) is 19.0 Å². The number of benzene rings is 2. The van der Waals surface area contributed by atoms with Gasteiger partial charge in [0.15, 0.2) is 11.7 Å². The molecule has 29 heavy (non-hydrogen) atoms. The van der Waals surface area contributed by atoms with Gasteiger partial charge in [0.1, 0.15) is 10.1 Å². The van der Waals surface area contributed by atoms with Crippen LogP contribution in [-0.4, -0.2) is 39.7 Å². The molecule has 1 saturated heterocycles. The second-order valence-electron chi connectivity index (χ2n) is 6.13. The molecule has 1 aliphatic heterocycles. The number of rotatable bonds is 5. The van der Waals surface area contributed by atoms with Gasteiger partial charge in [-0.15, -0.1) is 0 Å². The van der Waals surface area contributed by atoms with Gasteiger partial charge in [0.25, 0.3) is 11.8 Å². The molecule has 2 amide bonds. The molecule has 1 aliphatic rings. The summed E-state index contributed by atoms with van der Waals surface area (Å²) >= 11 is 7.82. The number of aromatic nitrogens is 1. The number of nitrogens with zero attached hydrogens (tertiary/aromatic N) is 2. The van der Waals surface area contributed by atoms with Gasteiger partial charge in [-0.25, -0.2) is 4.98 Å². The van der Waals surface area contributed by atoms with E-state index in [1.807, 2.05) is 36.4 Å². The summed E-state index contributed by atoms with van der Waals surface area (Å²) in [7, 11) is 1.66. The summed E-state index contributed by atoms with van der Waals surface area (Å²) < 4.78 is 7.09. The number of hydrogen-bond acceptors (Lipinski definition) is 7. The highest BCUT2D eigenvalue weighted by Gasteiger charge is 2.28. The summed E-state index contributed by atoms with van der Waals surface area (Å²) in [5.74, 6) is 0.177. The molecule has 0 radical (unpaired) electrons. The second-order valence-corrected chi connectivity index (χ2v) is 8.84. The number of anilines is 1. The number of fused-ring (bicyclic) bond motifs is 1. The quantitative estimate of drug-likeness (QED) is 0.474. The summed E-state index contributed by atoms with van der Waals surface area (Å²) in [6.07, 6.45) is 1.78. The number of thiazole rings is 1. The van der Waals surface area contributed by atoms with Crippen LogP contribution in [-0.2, 0) is 9.59 Å². The van der Waals surface area contributed by atoms with Gasteiger partial charge in [-0.1, -0.05) is 59.6 Å². The van der Waals surface area contributed by atoms with Gasteiger partial charge in [0.05, 0.1) is 15.1 Å². The maximum atomic E-state index is 12.1. The molecular formula is C20H15N3O3S3. The number of carbonyl (C=O) groups excluding carboxylic acids is 2. The average Bonchev–Trinajstić information content (AvgIpc) is 3.23. The fraction of sp³-hybridized carbons (Fsp3) is 0.100. The highest BCUT2D eigenvalue weighted by atomic mass is 32.2. The van der Waals surface area contributed by atoms with E-state index in [-0.39, 0.29) is 18.4 Å². The Morgan fingerprint density at radius 2 is 2.00 bits per heavy atom. The molecule has 146 valence electrons. The minimum Gasteiger partial charge on any atom is -0.484 e. The Kier molecular flexibility index (Phi) is 5.61. The van der Waals surface area contributed by atoms with E-state index < -0.39 is 0 Å². The lowest BCUT2D eigenvalue weighted by molar-refractivity contribution is -0.121. The third kappa shape index (κ3) is 4.47. The topological polar surface area (TPSA) is 71.5 Å². The smallest absolute Gasteiger partial charge is 0.265 e. The van der Waals surface area contributed by atoms with Crippen LogP contribution in [0.3, 0.4) is 0 Å². The number of hydrogen-bond donors (Lipinski definition) is 1. The van der Waals surface area contributed by atoms with E-state index in [1.165, 1.54) is 28.0 Å². The van der Waals surface area contributed by atoms with Gasteiger partial charge in [0, 0.05) is 7.05 Å².